The molecule has 0 saturated heterocycles. The Morgan fingerprint density at radius 2 is 0.500 bits per heavy atom. The summed E-state index contributed by atoms with van der Waals surface area (Å²) < 4.78 is 0. The van der Waals surface area contributed by atoms with Crippen LogP contribution in [-0.4, -0.2) is 0 Å². The van der Waals surface area contributed by atoms with Gasteiger partial charge in [0.15, 0.2) is 0 Å². The maximum Gasteiger partial charge on any atom is -0.0533 e. The molecule has 0 aromatic rings. The van der Waals surface area contributed by atoms with E-state index in [1.54, 1.807) is 0 Å². The molecule has 0 unspecified atom stereocenters. The van der Waals surface area contributed by atoms with E-state index < -0.39 is 0 Å². The minimum atomic E-state index is 0. The summed E-state index contributed by atoms with van der Waals surface area (Å²) in [6.45, 7) is 9.02. The summed E-state index contributed by atoms with van der Waals surface area (Å²) in [6.07, 6.45) is 17.0. The molecule has 0 atom stereocenters. The Hall–Kier alpha value is 0.960. The molecule has 2 heteroatoms. The molecule has 0 aromatic carbocycles. The number of unbranched alkanes of at least 4 members (excludes halogenated alkanes) is 10. The van der Waals surface area contributed by atoms with Crippen molar-refractivity contribution in [3.63, 3.8) is 0 Å². The fourth-order valence-corrected chi connectivity index (χ4v) is 1.71. The lowest BCUT2D eigenvalue weighted by molar-refractivity contribution is 0.624. The fourth-order valence-electron chi connectivity index (χ4n) is 1.71. The van der Waals surface area contributed by atoms with Crippen LogP contribution in [0.3, 0.4) is 0 Å². The minimum Gasteiger partial charge on any atom is -0.114 e. The first kappa shape index (κ1) is 27.3. The molecule has 0 N–H and O–H groups in total. The van der Waals surface area contributed by atoms with Crippen molar-refractivity contribution in [3.05, 3.63) is 0 Å². The molecule has 0 spiro atoms. The largest absolute Gasteiger partial charge is 0.114 e. The van der Waals surface area contributed by atoms with Gasteiger partial charge in [0, 0.05) is 0 Å². The highest BCUT2D eigenvalue weighted by molar-refractivity contribution is 8.93. The van der Waals surface area contributed by atoms with Crippen molar-refractivity contribution in [1.29, 1.82) is 0 Å². The van der Waals surface area contributed by atoms with Gasteiger partial charge < -0.3 is 0 Å². The van der Waals surface area contributed by atoms with E-state index in [9.17, 15) is 0 Å². The van der Waals surface area contributed by atoms with E-state index in [1.807, 2.05) is 0 Å². The Labute approximate surface area is 138 Å². The van der Waals surface area contributed by atoms with Gasteiger partial charge in [0.05, 0.1) is 0 Å². The summed E-state index contributed by atoms with van der Waals surface area (Å²) in [7, 11) is 0. The van der Waals surface area contributed by atoms with Gasteiger partial charge in [-0.15, -0.1) is 34.0 Å². The van der Waals surface area contributed by atoms with Gasteiger partial charge in [-0.25, -0.2) is 0 Å². The highest BCUT2D eigenvalue weighted by Crippen LogP contribution is 2.03. The van der Waals surface area contributed by atoms with Crippen LogP contribution in [0, 0.1) is 0 Å². The molecule has 0 rings (SSSR count). The number of rotatable bonds is 10. The Morgan fingerprint density at radius 3 is 0.611 bits per heavy atom. The zero-order chi connectivity index (χ0) is 12.5. The van der Waals surface area contributed by atoms with Crippen LogP contribution in [0.4, 0.5) is 0 Å². The first-order valence-corrected chi connectivity index (χ1v) is 7.83. The topological polar surface area (TPSA) is 0 Å². The van der Waals surface area contributed by atoms with Crippen molar-refractivity contribution in [2.45, 2.75) is 105 Å². The normalized spacial score (nSPS) is 8.67. The molecule has 0 aromatic heterocycles. The van der Waals surface area contributed by atoms with Crippen LogP contribution in [-0.2, 0) is 0 Å². The van der Waals surface area contributed by atoms with Gasteiger partial charge in [-0.05, 0) is 0 Å². The van der Waals surface area contributed by atoms with Gasteiger partial charge in [-0.3, -0.25) is 0 Å². The third-order valence-electron chi connectivity index (χ3n) is 2.91. The van der Waals surface area contributed by atoms with Gasteiger partial charge in [0.1, 0.15) is 0 Å². The van der Waals surface area contributed by atoms with E-state index in [-0.39, 0.29) is 34.0 Å². The minimum absolute atomic E-state index is 0. The summed E-state index contributed by atoms with van der Waals surface area (Å²) in [5.74, 6) is 0. The first-order valence-electron chi connectivity index (χ1n) is 7.83. The smallest absolute Gasteiger partial charge is 0.0533 e. The highest BCUT2D eigenvalue weighted by atomic mass is 79.9. The van der Waals surface area contributed by atoms with E-state index in [4.69, 9.17) is 0 Å². The lowest BCUT2D eigenvalue weighted by atomic mass is 10.1. The van der Waals surface area contributed by atoms with Gasteiger partial charge in [0.2, 0.25) is 0 Å². The van der Waals surface area contributed by atoms with E-state index in [0.717, 1.165) is 0 Å². The number of halogens is 2. The van der Waals surface area contributed by atoms with E-state index in [0.29, 0.717) is 0 Å². The molecule has 0 amide bonds. The number of hydrogen-bond acceptors (Lipinski definition) is 0. The molecule has 18 heavy (non-hydrogen) atoms. The van der Waals surface area contributed by atoms with Crippen molar-refractivity contribution < 1.29 is 0 Å². The molecule has 0 radical (unpaired) electrons. The van der Waals surface area contributed by atoms with Crippen molar-refractivity contribution in [2.75, 3.05) is 0 Å². The molecule has 0 fully saturated rings. The van der Waals surface area contributed by atoms with Crippen molar-refractivity contribution in [3.8, 4) is 0 Å². The van der Waals surface area contributed by atoms with Crippen LogP contribution < -0.4 is 0 Å². The average molecular weight is 390 g/mol. The van der Waals surface area contributed by atoms with Gasteiger partial charge >= 0.3 is 0 Å². The Balaban J connectivity index is -0.0000000980. The average Bonchev–Trinajstić information content (AvgIpc) is 2.31. The molecule has 0 bridgehead atoms. The third-order valence-corrected chi connectivity index (χ3v) is 2.91. The van der Waals surface area contributed by atoms with Crippen molar-refractivity contribution in [1.82, 2.24) is 0 Å². The molecule has 0 nitrogen and oxygen atoms in total. The zero-order valence-corrected chi connectivity index (χ0v) is 16.7. The summed E-state index contributed by atoms with van der Waals surface area (Å²) >= 11 is 0. The van der Waals surface area contributed by atoms with Crippen LogP contribution in [0.15, 0.2) is 0 Å². The summed E-state index contributed by atoms with van der Waals surface area (Å²) in [4.78, 5) is 0. The molecule has 0 aliphatic carbocycles. The van der Waals surface area contributed by atoms with Crippen LogP contribution in [0.1, 0.15) is 105 Å². The second-order valence-electron chi connectivity index (χ2n) is 4.83. The number of hydrogen-bond donors (Lipinski definition) is 0. The highest BCUT2D eigenvalue weighted by Gasteiger charge is 1.84. The summed E-state index contributed by atoms with van der Waals surface area (Å²) in [5.41, 5.74) is 0. The fraction of sp³-hybridized carbons (Fsp3) is 1.00. The van der Waals surface area contributed by atoms with Crippen molar-refractivity contribution >= 4 is 34.0 Å². The van der Waals surface area contributed by atoms with Crippen LogP contribution >= 0.6 is 34.0 Å². The van der Waals surface area contributed by atoms with Crippen LogP contribution in [0.2, 0.25) is 0 Å². The Kier molecular flexibility index (Phi) is 46.7. The molecular formula is C16H38Br2. The predicted octanol–water partition coefficient (Wildman–Crippen LogP) is 7.89. The summed E-state index contributed by atoms with van der Waals surface area (Å²) in [6, 6.07) is 0. The van der Waals surface area contributed by atoms with E-state index in [1.165, 1.54) is 77.0 Å². The Bertz CT molecular complexity index is 71.1. The maximum atomic E-state index is 2.26. The lowest BCUT2D eigenvalue weighted by Crippen LogP contribution is -1.73. The van der Waals surface area contributed by atoms with Crippen LogP contribution in [0.5, 0.6) is 0 Å². The molecule has 116 valence electrons. The van der Waals surface area contributed by atoms with Gasteiger partial charge in [-0.1, -0.05) is 105 Å². The second-order valence-corrected chi connectivity index (χ2v) is 4.83. The molecule has 0 aliphatic rings. The van der Waals surface area contributed by atoms with E-state index >= 15 is 0 Å². The van der Waals surface area contributed by atoms with Crippen molar-refractivity contribution in [2.24, 2.45) is 0 Å². The Morgan fingerprint density at radius 1 is 0.333 bits per heavy atom. The molecule has 0 saturated carbocycles. The first-order chi connectivity index (χ1) is 7.83. The van der Waals surface area contributed by atoms with Gasteiger partial charge in [0.25, 0.3) is 0 Å². The maximum absolute atomic E-state index is 2.26. The van der Waals surface area contributed by atoms with Crippen LogP contribution in [0.25, 0.3) is 0 Å². The molecule has 0 aliphatic heterocycles. The zero-order valence-electron chi connectivity index (χ0n) is 13.3. The predicted molar refractivity (Wildman–Crippen MR) is 98.7 cm³/mol. The molecular weight excluding hydrogens is 352 g/mol. The third kappa shape index (κ3) is 36.0. The monoisotopic (exact) mass is 388 g/mol. The van der Waals surface area contributed by atoms with E-state index in [2.05, 4.69) is 27.7 Å². The SMILES string of the molecule is Br.Br.CCCCCCCC.CCCCCCCC. The quantitative estimate of drug-likeness (QED) is 0.333. The van der Waals surface area contributed by atoms with Gasteiger partial charge in [-0.2, -0.15) is 0 Å². The lowest BCUT2D eigenvalue weighted by Gasteiger charge is -1.93. The molecule has 0 heterocycles. The second kappa shape index (κ2) is 30.8. The standard InChI is InChI=1S/2C8H18.2BrH/c2*1-3-5-7-8-6-4-2;;/h2*3-8H2,1-2H3;2*1H. The summed E-state index contributed by atoms with van der Waals surface area (Å²) in [5, 5.41) is 0.